The molecular formula is C16H23BrN2O2. The lowest BCUT2D eigenvalue weighted by molar-refractivity contribution is 0.0558. The maximum atomic E-state index is 12.7. The Morgan fingerprint density at radius 3 is 2.86 bits per heavy atom. The summed E-state index contributed by atoms with van der Waals surface area (Å²) in [6, 6.07) is 5.59. The van der Waals surface area contributed by atoms with Crippen LogP contribution in [0, 0.1) is 5.92 Å². The van der Waals surface area contributed by atoms with Crippen molar-refractivity contribution in [2.24, 2.45) is 11.7 Å². The summed E-state index contributed by atoms with van der Waals surface area (Å²) in [6.07, 6.45) is 3.23. The van der Waals surface area contributed by atoms with Crippen LogP contribution in [-0.4, -0.2) is 37.0 Å². The van der Waals surface area contributed by atoms with Gasteiger partial charge in [0.1, 0.15) is 5.75 Å². The van der Waals surface area contributed by atoms with Gasteiger partial charge in [0.2, 0.25) is 0 Å². The zero-order valence-electron chi connectivity index (χ0n) is 12.6. The Labute approximate surface area is 134 Å². The van der Waals surface area contributed by atoms with Crippen molar-refractivity contribution < 1.29 is 9.53 Å². The van der Waals surface area contributed by atoms with E-state index < -0.39 is 0 Å². The van der Waals surface area contributed by atoms with Crippen molar-refractivity contribution in [3.8, 4) is 5.75 Å². The van der Waals surface area contributed by atoms with E-state index in [-0.39, 0.29) is 11.9 Å². The summed E-state index contributed by atoms with van der Waals surface area (Å²) in [6.45, 7) is 3.53. The number of nitrogens with two attached hydrogens (primary N) is 1. The van der Waals surface area contributed by atoms with Crippen LogP contribution in [0.2, 0.25) is 0 Å². The number of rotatable bonds is 4. The van der Waals surface area contributed by atoms with E-state index in [1.807, 2.05) is 23.1 Å². The molecule has 2 atom stereocenters. The monoisotopic (exact) mass is 354 g/mol. The molecule has 116 valence electrons. The van der Waals surface area contributed by atoms with E-state index in [0.717, 1.165) is 36.0 Å². The maximum Gasteiger partial charge on any atom is 0.254 e. The molecule has 0 radical (unpaired) electrons. The third kappa shape index (κ3) is 3.58. The Hall–Kier alpha value is -1.07. The fourth-order valence-electron chi connectivity index (χ4n) is 2.96. The van der Waals surface area contributed by atoms with Crippen LogP contribution in [0.3, 0.4) is 0 Å². The molecule has 4 nitrogen and oxygen atoms in total. The predicted molar refractivity (Wildman–Crippen MR) is 87.6 cm³/mol. The van der Waals surface area contributed by atoms with Crippen LogP contribution < -0.4 is 10.5 Å². The molecule has 5 heteroatoms. The number of nitrogens with zero attached hydrogens (tertiary/aromatic N) is 1. The van der Waals surface area contributed by atoms with E-state index in [0.29, 0.717) is 18.0 Å². The second kappa shape index (κ2) is 7.27. The number of hydrogen-bond acceptors (Lipinski definition) is 3. The Morgan fingerprint density at radius 1 is 1.52 bits per heavy atom. The van der Waals surface area contributed by atoms with Crippen LogP contribution in [0.25, 0.3) is 0 Å². The maximum absolute atomic E-state index is 12.7. The molecule has 1 saturated heterocycles. The molecule has 1 aromatic rings. The molecule has 2 N–H and O–H groups in total. The fraction of sp³-hybridized carbons (Fsp3) is 0.562. The zero-order valence-corrected chi connectivity index (χ0v) is 14.2. The number of hydrogen-bond donors (Lipinski definition) is 1. The first kappa shape index (κ1) is 16.3. The molecule has 21 heavy (non-hydrogen) atoms. The number of likely N-dealkylation sites (tertiary alicyclic amines) is 1. The molecule has 1 amide bonds. The van der Waals surface area contributed by atoms with Gasteiger partial charge in [-0.3, -0.25) is 4.79 Å². The SMILES string of the molecule is CCC1CCN(C(=O)c2ccc(OC)c(Br)c2)C(CN)C1. The second-order valence-electron chi connectivity index (χ2n) is 5.54. The second-order valence-corrected chi connectivity index (χ2v) is 6.39. The van der Waals surface area contributed by atoms with Crippen molar-refractivity contribution in [2.45, 2.75) is 32.2 Å². The number of methoxy groups -OCH3 is 1. The highest BCUT2D eigenvalue weighted by molar-refractivity contribution is 9.10. The summed E-state index contributed by atoms with van der Waals surface area (Å²) >= 11 is 3.43. The summed E-state index contributed by atoms with van der Waals surface area (Å²) in [5.41, 5.74) is 6.56. The van der Waals surface area contributed by atoms with Gasteiger partial charge in [0, 0.05) is 24.7 Å². The van der Waals surface area contributed by atoms with Gasteiger partial charge in [0.05, 0.1) is 11.6 Å². The third-order valence-corrected chi connectivity index (χ3v) is 4.95. The smallest absolute Gasteiger partial charge is 0.254 e. The van der Waals surface area contributed by atoms with E-state index in [1.165, 1.54) is 0 Å². The van der Waals surface area contributed by atoms with Gasteiger partial charge in [-0.25, -0.2) is 0 Å². The standard InChI is InChI=1S/C16H23BrN2O2/c1-3-11-6-7-19(13(8-11)10-18)16(20)12-4-5-15(21-2)14(17)9-12/h4-5,9,11,13H,3,6-8,10,18H2,1-2H3. The quantitative estimate of drug-likeness (QED) is 0.903. The van der Waals surface area contributed by atoms with Gasteiger partial charge >= 0.3 is 0 Å². The van der Waals surface area contributed by atoms with Crippen molar-refractivity contribution in [3.05, 3.63) is 28.2 Å². The van der Waals surface area contributed by atoms with Gasteiger partial charge in [-0.05, 0) is 52.9 Å². The Kier molecular flexibility index (Phi) is 5.65. The first-order valence-corrected chi connectivity index (χ1v) is 8.24. The van der Waals surface area contributed by atoms with Crippen molar-refractivity contribution >= 4 is 21.8 Å². The number of amides is 1. The number of ether oxygens (including phenoxy) is 1. The summed E-state index contributed by atoms with van der Waals surface area (Å²) in [7, 11) is 1.61. The van der Waals surface area contributed by atoms with Crippen molar-refractivity contribution in [3.63, 3.8) is 0 Å². The molecule has 2 rings (SSSR count). The molecule has 1 aromatic carbocycles. The van der Waals surface area contributed by atoms with Gasteiger partial charge < -0.3 is 15.4 Å². The fourth-order valence-corrected chi connectivity index (χ4v) is 3.50. The van der Waals surface area contributed by atoms with Crippen molar-refractivity contribution in [1.29, 1.82) is 0 Å². The molecule has 0 aliphatic carbocycles. The van der Waals surface area contributed by atoms with Gasteiger partial charge in [-0.2, -0.15) is 0 Å². The molecular weight excluding hydrogens is 332 g/mol. The predicted octanol–water partition coefficient (Wildman–Crippen LogP) is 3.05. The largest absolute Gasteiger partial charge is 0.496 e. The Balaban J connectivity index is 2.17. The molecule has 1 aliphatic rings. The molecule has 0 aromatic heterocycles. The van der Waals surface area contributed by atoms with Crippen LogP contribution in [0.5, 0.6) is 5.75 Å². The van der Waals surface area contributed by atoms with Crippen molar-refractivity contribution in [2.75, 3.05) is 20.2 Å². The zero-order chi connectivity index (χ0) is 15.4. The molecule has 0 saturated carbocycles. The number of piperidine rings is 1. The van der Waals surface area contributed by atoms with Crippen molar-refractivity contribution in [1.82, 2.24) is 4.90 Å². The lowest BCUT2D eigenvalue weighted by Crippen LogP contribution is -2.49. The van der Waals surface area contributed by atoms with Gasteiger partial charge in [0.25, 0.3) is 5.91 Å². The summed E-state index contributed by atoms with van der Waals surface area (Å²) < 4.78 is 6.00. The molecule has 1 heterocycles. The molecule has 0 bridgehead atoms. The first-order chi connectivity index (χ1) is 10.1. The minimum absolute atomic E-state index is 0.0587. The highest BCUT2D eigenvalue weighted by atomic mass is 79.9. The van der Waals surface area contributed by atoms with Crippen LogP contribution in [0.1, 0.15) is 36.5 Å². The summed E-state index contributed by atoms with van der Waals surface area (Å²) in [5, 5.41) is 0. The Morgan fingerprint density at radius 2 is 2.29 bits per heavy atom. The number of halogens is 1. The highest BCUT2D eigenvalue weighted by Crippen LogP contribution is 2.29. The molecule has 2 unspecified atom stereocenters. The lowest BCUT2D eigenvalue weighted by Gasteiger charge is -2.39. The van der Waals surface area contributed by atoms with E-state index >= 15 is 0 Å². The van der Waals surface area contributed by atoms with Gasteiger partial charge in [-0.15, -0.1) is 0 Å². The summed E-state index contributed by atoms with van der Waals surface area (Å²) in [4.78, 5) is 14.7. The van der Waals surface area contributed by atoms with E-state index in [2.05, 4.69) is 22.9 Å². The highest BCUT2D eigenvalue weighted by Gasteiger charge is 2.30. The molecule has 1 aliphatic heterocycles. The van der Waals surface area contributed by atoms with Gasteiger partial charge in [0.15, 0.2) is 0 Å². The number of carbonyl (C=O) groups excluding carboxylic acids is 1. The van der Waals surface area contributed by atoms with Crippen LogP contribution in [0.4, 0.5) is 0 Å². The third-order valence-electron chi connectivity index (χ3n) is 4.33. The summed E-state index contributed by atoms with van der Waals surface area (Å²) in [5.74, 6) is 1.47. The Bertz CT molecular complexity index is 507. The number of carbonyl (C=O) groups is 1. The topological polar surface area (TPSA) is 55.6 Å². The van der Waals surface area contributed by atoms with E-state index in [1.54, 1.807) is 7.11 Å². The number of benzene rings is 1. The molecule has 0 spiro atoms. The molecule has 1 fully saturated rings. The van der Waals surface area contributed by atoms with Crippen LogP contribution in [-0.2, 0) is 0 Å². The first-order valence-electron chi connectivity index (χ1n) is 7.45. The minimum atomic E-state index is 0.0587. The van der Waals surface area contributed by atoms with Crippen LogP contribution in [0.15, 0.2) is 22.7 Å². The lowest BCUT2D eigenvalue weighted by atomic mass is 9.88. The average Bonchev–Trinajstić information content (AvgIpc) is 2.53. The van der Waals surface area contributed by atoms with Gasteiger partial charge in [-0.1, -0.05) is 13.3 Å². The van der Waals surface area contributed by atoms with E-state index in [9.17, 15) is 4.79 Å². The minimum Gasteiger partial charge on any atom is -0.496 e. The average molecular weight is 355 g/mol. The van der Waals surface area contributed by atoms with E-state index in [4.69, 9.17) is 10.5 Å². The normalized spacial score (nSPS) is 22.2. The van der Waals surface area contributed by atoms with Crippen LogP contribution >= 0.6 is 15.9 Å².